The second kappa shape index (κ2) is 5.50. The molecule has 0 aliphatic rings. The fourth-order valence-electron chi connectivity index (χ4n) is 1.82. The fraction of sp³-hybridized carbons (Fsp3) is 0.385. The first-order valence-corrected chi connectivity index (χ1v) is 6.39. The Kier molecular flexibility index (Phi) is 3.99. The molecule has 18 heavy (non-hydrogen) atoms. The molecule has 0 aromatic carbocycles. The molecule has 0 saturated carbocycles. The lowest BCUT2D eigenvalue weighted by Gasteiger charge is -2.07. The maximum atomic E-state index is 6.16. The van der Waals surface area contributed by atoms with Crippen LogP contribution in [0, 0.1) is 13.8 Å². The average Bonchev–Trinajstić information content (AvgIpc) is 2.64. The lowest BCUT2D eigenvalue weighted by atomic mass is 10.3. The van der Waals surface area contributed by atoms with Crippen molar-refractivity contribution in [3.05, 3.63) is 40.4 Å². The van der Waals surface area contributed by atoms with Gasteiger partial charge in [-0.05, 0) is 32.5 Å². The monoisotopic (exact) mass is 264 g/mol. The summed E-state index contributed by atoms with van der Waals surface area (Å²) in [5.41, 5.74) is 3.79. The molecule has 0 saturated heterocycles. The van der Waals surface area contributed by atoms with E-state index in [4.69, 9.17) is 11.6 Å². The number of nitrogens with zero attached hydrogens (tertiary/aromatic N) is 3. The van der Waals surface area contributed by atoms with Crippen LogP contribution in [0.5, 0.6) is 0 Å². The van der Waals surface area contributed by atoms with E-state index < -0.39 is 0 Å². The summed E-state index contributed by atoms with van der Waals surface area (Å²) in [6, 6.07) is 3.96. The molecule has 1 N–H and O–H groups in total. The number of hydrogen-bond acceptors (Lipinski definition) is 3. The summed E-state index contributed by atoms with van der Waals surface area (Å²) in [4.78, 5) is 4.32. The van der Waals surface area contributed by atoms with E-state index in [0.29, 0.717) is 0 Å². The normalized spacial score (nSPS) is 10.9. The second-order valence-corrected chi connectivity index (χ2v) is 4.56. The van der Waals surface area contributed by atoms with Crippen molar-refractivity contribution in [1.82, 2.24) is 20.1 Å². The maximum absolute atomic E-state index is 6.16. The van der Waals surface area contributed by atoms with Gasteiger partial charge in [0.1, 0.15) is 0 Å². The first kappa shape index (κ1) is 13.1. The summed E-state index contributed by atoms with van der Waals surface area (Å²) in [5.74, 6) is 0. The molecule has 2 aromatic heterocycles. The molecule has 0 bridgehead atoms. The van der Waals surface area contributed by atoms with E-state index in [9.17, 15) is 0 Å². The van der Waals surface area contributed by atoms with Crippen molar-refractivity contribution >= 4 is 11.6 Å². The predicted molar refractivity (Wildman–Crippen MR) is 73.2 cm³/mol. The predicted octanol–water partition coefficient (Wildman–Crippen LogP) is 2.65. The van der Waals surface area contributed by atoms with Crippen LogP contribution in [0.1, 0.15) is 24.0 Å². The Balaban J connectivity index is 2.35. The third kappa shape index (κ3) is 2.54. The van der Waals surface area contributed by atoms with Crippen molar-refractivity contribution in [2.24, 2.45) is 0 Å². The quantitative estimate of drug-likeness (QED) is 0.923. The van der Waals surface area contributed by atoms with E-state index in [1.165, 1.54) is 0 Å². The highest BCUT2D eigenvalue weighted by molar-refractivity contribution is 6.31. The number of nitrogens with one attached hydrogen (secondary N) is 1. The minimum Gasteiger partial charge on any atom is -0.311 e. The minimum absolute atomic E-state index is 0.722. The molecule has 0 aliphatic heterocycles. The van der Waals surface area contributed by atoms with E-state index in [-0.39, 0.29) is 0 Å². The number of hydrogen-bond donors (Lipinski definition) is 1. The Morgan fingerprint density at radius 1 is 1.39 bits per heavy atom. The molecule has 2 rings (SSSR count). The van der Waals surface area contributed by atoms with Crippen LogP contribution in [-0.4, -0.2) is 21.3 Å². The van der Waals surface area contributed by atoms with Crippen molar-refractivity contribution in [3.8, 4) is 5.69 Å². The molecule has 0 fully saturated rings. The van der Waals surface area contributed by atoms with Crippen LogP contribution in [0.2, 0.25) is 5.02 Å². The zero-order valence-corrected chi connectivity index (χ0v) is 11.6. The van der Waals surface area contributed by atoms with E-state index in [1.54, 1.807) is 6.20 Å². The van der Waals surface area contributed by atoms with Gasteiger partial charge in [-0.25, -0.2) is 4.68 Å². The van der Waals surface area contributed by atoms with Gasteiger partial charge in [-0.1, -0.05) is 18.5 Å². The molecule has 5 heteroatoms. The molecule has 0 spiro atoms. The first-order valence-electron chi connectivity index (χ1n) is 6.01. The van der Waals surface area contributed by atoms with Gasteiger partial charge in [0.15, 0.2) is 0 Å². The molecule has 0 atom stereocenters. The molecular formula is C13H17ClN4. The van der Waals surface area contributed by atoms with Gasteiger partial charge in [0.2, 0.25) is 0 Å². The van der Waals surface area contributed by atoms with Crippen LogP contribution in [0.25, 0.3) is 5.69 Å². The zero-order valence-electron chi connectivity index (χ0n) is 10.9. The summed E-state index contributed by atoms with van der Waals surface area (Å²) in [5, 5.41) is 8.42. The van der Waals surface area contributed by atoms with Crippen molar-refractivity contribution in [2.75, 3.05) is 6.54 Å². The third-order valence-corrected chi connectivity index (χ3v) is 3.35. The Bertz CT molecular complexity index is 548. The molecule has 0 amide bonds. The van der Waals surface area contributed by atoms with Gasteiger partial charge >= 0.3 is 0 Å². The van der Waals surface area contributed by atoms with Gasteiger partial charge in [-0.3, -0.25) is 4.98 Å². The van der Waals surface area contributed by atoms with Gasteiger partial charge < -0.3 is 5.32 Å². The standard InChI is InChI=1S/C13H17ClN4/c1-4-15-8-11-7-12(5-6-16-11)18-10(3)13(14)9(2)17-18/h5-7,15H,4,8H2,1-3H3. The average molecular weight is 265 g/mol. The van der Waals surface area contributed by atoms with Crippen LogP contribution in [0.4, 0.5) is 0 Å². The molecular weight excluding hydrogens is 248 g/mol. The van der Waals surface area contributed by atoms with Crippen LogP contribution in [-0.2, 0) is 6.54 Å². The lowest BCUT2D eigenvalue weighted by molar-refractivity contribution is 0.708. The summed E-state index contributed by atoms with van der Waals surface area (Å²) < 4.78 is 1.86. The molecule has 96 valence electrons. The number of pyridine rings is 1. The van der Waals surface area contributed by atoms with Gasteiger partial charge in [0, 0.05) is 12.7 Å². The largest absolute Gasteiger partial charge is 0.311 e. The molecule has 0 aliphatic carbocycles. The van der Waals surface area contributed by atoms with Crippen molar-refractivity contribution in [1.29, 1.82) is 0 Å². The number of halogens is 1. The molecule has 2 aromatic rings. The molecule has 0 unspecified atom stereocenters. The topological polar surface area (TPSA) is 42.7 Å². The summed E-state index contributed by atoms with van der Waals surface area (Å²) in [6.07, 6.45) is 1.80. The van der Waals surface area contributed by atoms with E-state index in [1.807, 2.05) is 30.7 Å². The molecule has 0 radical (unpaired) electrons. The zero-order chi connectivity index (χ0) is 13.1. The van der Waals surface area contributed by atoms with Crippen LogP contribution in [0.15, 0.2) is 18.3 Å². The highest BCUT2D eigenvalue weighted by Crippen LogP contribution is 2.22. The Morgan fingerprint density at radius 3 is 2.78 bits per heavy atom. The Morgan fingerprint density at radius 2 is 2.17 bits per heavy atom. The van der Waals surface area contributed by atoms with E-state index >= 15 is 0 Å². The maximum Gasteiger partial charge on any atom is 0.0848 e. The minimum atomic E-state index is 0.722. The number of aromatic nitrogens is 3. The van der Waals surface area contributed by atoms with Crippen molar-refractivity contribution < 1.29 is 0 Å². The van der Waals surface area contributed by atoms with Crippen LogP contribution < -0.4 is 5.32 Å². The number of aryl methyl sites for hydroxylation is 1. The first-order chi connectivity index (χ1) is 8.63. The highest BCUT2D eigenvalue weighted by atomic mass is 35.5. The number of rotatable bonds is 4. The third-order valence-electron chi connectivity index (χ3n) is 2.80. The van der Waals surface area contributed by atoms with Gasteiger partial charge in [-0.15, -0.1) is 0 Å². The van der Waals surface area contributed by atoms with E-state index in [2.05, 4.69) is 22.3 Å². The fourth-order valence-corrected chi connectivity index (χ4v) is 1.94. The van der Waals surface area contributed by atoms with Crippen LogP contribution in [0.3, 0.4) is 0 Å². The summed E-state index contributed by atoms with van der Waals surface area (Å²) >= 11 is 6.16. The van der Waals surface area contributed by atoms with Gasteiger partial charge in [0.25, 0.3) is 0 Å². The molecule has 4 nitrogen and oxygen atoms in total. The summed E-state index contributed by atoms with van der Waals surface area (Å²) in [7, 11) is 0. The van der Waals surface area contributed by atoms with Crippen molar-refractivity contribution in [3.63, 3.8) is 0 Å². The Hall–Kier alpha value is -1.39. The SMILES string of the molecule is CCNCc1cc(-n2nc(C)c(Cl)c2C)ccn1. The van der Waals surface area contributed by atoms with Crippen molar-refractivity contribution in [2.45, 2.75) is 27.3 Å². The van der Waals surface area contributed by atoms with Gasteiger partial charge in [-0.2, -0.15) is 5.10 Å². The lowest BCUT2D eigenvalue weighted by Crippen LogP contribution is -2.13. The van der Waals surface area contributed by atoms with Crippen LogP contribution >= 0.6 is 11.6 Å². The van der Waals surface area contributed by atoms with Gasteiger partial charge in [0.05, 0.1) is 27.8 Å². The highest BCUT2D eigenvalue weighted by Gasteiger charge is 2.10. The Labute approximate surface area is 112 Å². The van der Waals surface area contributed by atoms with E-state index in [0.717, 1.165) is 40.9 Å². The molecule has 2 heterocycles. The second-order valence-electron chi connectivity index (χ2n) is 4.18. The smallest absolute Gasteiger partial charge is 0.0848 e. The summed E-state index contributed by atoms with van der Waals surface area (Å²) in [6.45, 7) is 7.64.